The number of para-hydroxylation sites is 3. The van der Waals surface area contributed by atoms with Gasteiger partial charge in [0.25, 0.3) is 5.91 Å². The van der Waals surface area contributed by atoms with Crippen LogP contribution in [0, 0.1) is 0 Å². The summed E-state index contributed by atoms with van der Waals surface area (Å²) >= 11 is 1.58. The lowest BCUT2D eigenvalue weighted by Gasteiger charge is -2.35. The van der Waals surface area contributed by atoms with Crippen molar-refractivity contribution in [2.45, 2.75) is 24.3 Å². The highest BCUT2D eigenvalue weighted by Gasteiger charge is 2.31. The molecule has 0 aromatic heterocycles. The summed E-state index contributed by atoms with van der Waals surface area (Å²) in [5.74, 6) is 0.322. The molecular formula is C21H25N3O3S. The molecule has 0 aliphatic carbocycles. The minimum atomic E-state index is -0.646. The van der Waals surface area contributed by atoms with Crippen molar-refractivity contribution in [1.29, 1.82) is 0 Å². The zero-order valence-corrected chi connectivity index (χ0v) is 16.9. The molecule has 6 nitrogen and oxygen atoms in total. The molecule has 7 heteroatoms. The molecule has 0 saturated heterocycles. The van der Waals surface area contributed by atoms with Gasteiger partial charge in [0, 0.05) is 11.4 Å². The predicted molar refractivity (Wildman–Crippen MR) is 113 cm³/mol. The molecule has 0 saturated carbocycles. The monoisotopic (exact) mass is 399 g/mol. The average molecular weight is 400 g/mol. The normalized spacial score (nSPS) is 15.4. The van der Waals surface area contributed by atoms with Gasteiger partial charge in [-0.2, -0.15) is 0 Å². The molecule has 0 unspecified atom stereocenters. The number of hydrogen-bond acceptors (Lipinski definition) is 5. The highest BCUT2D eigenvalue weighted by Crippen LogP contribution is 2.33. The van der Waals surface area contributed by atoms with Crippen LogP contribution in [0.2, 0.25) is 0 Å². The number of fused-ring (bicyclic) bond motifs is 1. The zero-order chi connectivity index (χ0) is 19.9. The summed E-state index contributed by atoms with van der Waals surface area (Å²) in [7, 11) is 0. The number of nitrogens with zero attached hydrogens (tertiary/aromatic N) is 1. The largest absolute Gasteiger partial charge is 0.477 e. The van der Waals surface area contributed by atoms with Crippen LogP contribution in [0.1, 0.15) is 13.3 Å². The fourth-order valence-corrected chi connectivity index (χ4v) is 3.62. The van der Waals surface area contributed by atoms with E-state index in [1.807, 2.05) is 66.6 Å². The lowest BCUT2D eigenvalue weighted by atomic mass is 10.1. The third kappa shape index (κ3) is 4.78. The van der Waals surface area contributed by atoms with E-state index in [1.54, 1.807) is 11.8 Å². The van der Waals surface area contributed by atoms with Gasteiger partial charge in [-0.3, -0.25) is 9.59 Å². The second-order valence-corrected chi connectivity index (χ2v) is 7.34. The number of rotatable bonds is 7. The second kappa shape index (κ2) is 9.50. The number of benzene rings is 2. The van der Waals surface area contributed by atoms with Crippen molar-refractivity contribution < 1.29 is 14.3 Å². The summed E-state index contributed by atoms with van der Waals surface area (Å²) in [6.45, 7) is 3.07. The summed E-state index contributed by atoms with van der Waals surface area (Å²) in [4.78, 5) is 28.0. The van der Waals surface area contributed by atoms with Crippen LogP contribution >= 0.6 is 11.8 Å². The van der Waals surface area contributed by atoms with E-state index in [4.69, 9.17) is 4.74 Å². The van der Waals surface area contributed by atoms with Crippen LogP contribution in [0.3, 0.4) is 0 Å². The first-order valence-corrected chi connectivity index (χ1v) is 10.6. The van der Waals surface area contributed by atoms with Gasteiger partial charge in [-0.05, 0) is 36.9 Å². The first kappa shape index (κ1) is 20.1. The number of anilines is 2. The highest BCUT2D eigenvalue weighted by molar-refractivity contribution is 7.98. The second-order valence-electron chi connectivity index (χ2n) is 6.49. The first-order valence-electron chi connectivity index (χ1n) is 9.33. The van der Waals surface area contributed by atoms with Gasteiger partial charge in [0.05, 0.1) is 24.5 Å². The van der Waals surface area contributed by atoms with E-state index in [-0.39, 0.29) is 18.4 Å². The van der Waals surface area contributed by atoms with Crippen LogP contribution in [0.15, 0.2) is 53.4 Å². The Balaban J connectivity index is 1.74. The van der Waals surface area contributed by atoms with E-state index in [1.165, 1.54) is 0 Å². The Morgan fingerprint density at radius 1 is 1.18 bits per heavy atom. The van der Waals surface area contributed by atoms with Gasteiger partial charge >= 0.3 is 0 Å². The number of ether oxygens (including phenoxy) is 1. The Labute approximate surface area is 169 Å². The molecule has 2 N–H and O–H groups in total. The van der Waals surface area contributed by atoms with E-state index in [2.05, 4.69) is 10.6 Å². The molecule has 2 aromatic carbocycles. The molecule has 0 bridgehead atoms. The van der Waals surface area contributed by atoms with Gasteiger partial charge < -0.3 is 20.3 Å². The molecule has 1 aliphatic heterocycles. The van der Waals surface area contributed by atoms with Crippen LogP contribution in [0.5, 0.6) is 5.75 Å². The summed E-state index contributed by atoms with van der Waals surface area (Å²) in [5, 5.41) is 5.84. The Kier molecular flexibility index (Phi) is 6.81. The summed E-state index contributed by atoms with van der Waals surface area (Å²) in [5.41, 5.74) is 1.61. The number of carbonyl (C=O) groups is 2. The van der Waals surface area contributed by atoms with Crippen molar-refractivity contribution in [3.8, 4) is 5.75 Å². The van der Waals surface area contributed by atoms with Crippen molar-refractivity contribution in [2.24, 2.45) is 0 Å². The molecule has 0 spiro atoms. The predicted octanol–water partition coefficient (Wildman–Crippen LogP) is 3.14. The first-order chi connectivity index (χ1) is 13.6. The van der Waals surface area contributed by atoms with E-state index >= 15 is 0 Å². The zero-order valence-electron chi connectivity index (χ0n) is 16.1. The quantitative estimate of drug-likeness (QED) is 0.700. The molecule has 0 fully saturated rings. The Hall–Kier alpha value is -2.67. The van der Waals surface area contributed by atoms with Gasteiger partial charge in [-0.1, -0.05) is 31.2 Å². The maximum Gasteiger partial charge on any atom is 0.262 e. The number of nitrogens with one attached hydrogen (secondary N) is 2. The van der Waals surface area contributed by atoms with Crippen LogP contribution in [0.4, 0.5) is 11.4 Å². The van der Waals surface area contributed by atoms with Gasteiger partial charge in [0.2, 0.25) is 5.91 Å². The minimum Gasteiger partial charge on any atom is -0.477 e. The Bertz CT molecular complexity index is 843. The molecular weight excluding hydrogens is 374 g/mol. The van der Waals surface area contributed by atoms with Gasteiger partial charge in [-0.25, -0.2) is 0 Å². The van der Waals surface area contributed by atoms with Crippen molar-refractivity contribution in [3.05, 3.63) is 48.5 Å². The van der Waals surface area contributed by atoms with Gasteiger partial charge in [0.15, 0.2) is 6.10 Å². The van der Waals surface area contributed by atoms with E-state index in [9.17, 15) is 9.59 Å². The van der Waals surface area contributed by atoms with Crippen molar-refractivity contribution in [3.63, 3.8) is 0 Å². The summed E-state index contributed by atoms with van der Waals surface area (Å²) in [6.07, 6.45) is 2.19. The SMILES string of the molecule is CCCNC(=O)[C@H]1CN(CC(=O)Nc2ccccc2SC)c2ccccc2O1. The number of thioether (sulfide) groups is 1. The van der Waals surface area contributed by atoms with Crippen molar-refractivity contribution in [1.82, 2.24) is 5.32 Å². The average Bonchev–Trinajstić information content (AvgIpc) is 2.72. The standard InChI is InChI=1S/C21H25N3O3S/c1-3-12-22-21(26)18-13-24(16-9-5-6-10-17(16)27-18)14-20(25)23-15-8-4-7-11-19(15)28-2/h4-11,18H,3,12-14H2,1-2H3,(H,22,26)(H,23,25)/t18-/m1/s1. The summed E-state index contributed by atoms with van der Waals surface area (Å²) in [6, 6.07) is 15.2. The molecule has 148 valence electrons. The fraction of sp³-hybridized carbons (Fsp3) is 0.333. The topological polar surface area (TPSA) is 70.7 Å². The number of amides is 2. The Morgan fingerprint density at radius 2 is 1.93 bits per heavy atom. The van der Waals surface area contributed by atoms with E-state index in [0.29, 0.717) is 18.8 Å². The van der Waals surface area contributed by atoms with E-state index in [0.717, 1.165) is 22.7 Å². The highest BCUT2D eigenvalue weighted by atomic mass is 32.2. The molecule has 2 aromatic rings. The van der Waals surface area contributed by atoms with Gasteiger partial charge in [0.1, 0.15) is 5.75 Å². The molecule has 1 aliphatic rings. The minimum absolute atomic E-state index is 0.133. The third-order valence-corrected chi connectivity index (χ3v) is 5.21. The van der Waals surface area contributed by atoms with Crippen LogP contribution in [-0.4, -0.2) is 43.8 Å². The number of hydrogen-bond donors (Lipinski definition) is 2. The maximum absolute atomic E-state index is 12.7. The van der Waals surface area contributed by atoms with Crippen molar-refractivity contribution >= 4 is 35.0 Å². The van der Waals surface area contributed by atoms with Crippen LogP contribution in [-0.2, 0) is 9.59 Å². The van der Waals surface area contributed by atoms with Gasteiger partial charge in [-0.15, -0.1) is 11.8 Å². The van der Waals surface area contributed by atoms with Crippen molar-refractivity contribution in [2.75, 3.05) is 36.1 Å². The van der Waals surface area contributed by atoms with Crippen LogP contribution < -0.4 is 20.3 Å². The third-order valence-electron chi connectivity index (χ3n) is 4.42. The molecule has 28 heavy (non-hydrogen) atoms. The molecule has 1 heterocycles. The smallest absolute Gasteiger partial charge is 0.262 e. The molecule has 1 atom stereocenters. The Morgan fingerprint density at radius 3 is 2.71 bits per heavy atom. The molecule has 3 rings (SSSR count). The summed E-state index contributed by atoms with van der Waals surface area (Å²) < 4.78 is 5.87. The molecule has 0 radical (unpaired) electrons. The van der Waals surface area contributed by atoms with E-state index < -0.39 is 6.10 Å². The molecule has 2 amide bonds. The number of carbonyl (C=O) groups excluding carboxylic acids is 2. The van der Waals surface area contributed by atoms with Crippen LogP contribution in [0.25, 0.3) is 0 Å². The fourth-order valence-electron chi connectivity index (χ4n) is 3.07. The lowest BCUT2D eigenvalue weighted by molar-refractivity contribution is -0.128. The maximum atomic E-state index is 12.7. The lowest BCUT2D eigenvalue weighted by Crippen LogP contribution is -2.50.